The predicted octanol–water partition coefficient (Wildman–Crippen LogP) is 2.69. The highest BCUT2D eigenvalue weighted by atomic mass is 79.9. The number of carbonyl (C=O) groups excluding carboxylic acids is 1. The van der Waals surface area contributed by atoms with Crippen molar-refractivity contribution < 1.29 is 19.0 Å². The van der Waals surface area contributed by atoms with Crippen LogP contribution in [0.25, 0.3) is 0 Å². The van der Waals surface area contributed by atoms with Crippen LogP contribution in [-0.2, 0) is 14.9 Å². The van der Waals surface area contributed by atoms with Crippen molar-refractivity contribution in [2.45, 2.75) is 22.5 Å². The van der Waals surface area contributed by atoms with Crippen molar-refractivity contribution in [2.75, 3.05) is 45.9 Å². The van der Waals surface area contributed by atoms with Crippen molar-refractivity contribution in [2.24, 2.45) is 0 Å². The molecule has 0 spiro atoms. The average molecular weight is 416 g/mol. The van der Waals surface area contributed by atoms with Gasteiger partial charge in [-0.2, -0.15) is 0 Å². The van der Waals surface area contributed by atoms with Crippen molar-refractivity contribution in [1.82, 2.24) is 4.90 Å². The molecule has 24 heavy (non-hydrogen) atoms. The van der Waals surface area contributed by atoms with E-state index in [-0.39, 0.29) is 16.6 Å². The van der Waals surface area contributed by atoms with Gasteiger partial charge in [-0.05, 0) is 17.7 Å². The summed E-state index contributed by atoms with van der Waals surface area (Å²) in [6.45, 7) is 4.69. The zero-order valence-electron chi connectivity index (χ0n) is 14.1. The van der Waals surface area contributed by atoms with Gasteiger partial charge in [-0.25, -0.2) is 0 Å². The molecule has 0 saturated carbocycles. The Labute approximate surface area is 155 Å². The van der Waals surface area contributed by atoms with E-state index in [2.05, 4.69) is 22.9 Å². The van der Waals surface area contributed by atoms with E-state index in [0.717, 1.165) is 10.5 Å². The second-order valence-corrected chi connectivity index (χ2v) is 7.90. The number of fused-ring (bicyclic) bond motifs is 1. The molecule has 1 fully saturated rings. The number of hydrogen-bond acceptors (Lipinski definition) is 5. The molecule has 2 atom stereocenters. The van der Waals surface area contributed by atoms with Gasteiger partial charge in [-0.15, -0.1) is 11.8 Å². The summed E-state index contributed by atoms with van der Waals surface area (Å²) >= 11 is 5.26. The summed E-state index contributed by atoms with van der Waals surface area (Å²) in [6, 6.07) is 3.99. The van der Waals surface area contributed by atoms with Gasteiger partial charge in [0, 0.05) is 28.7 Å². The summed E-state index contributed by atoms with van der Waals surface area (Å²) in [6.07, 6.45) is 0. The molecule has 0 radical (unpaired) electrons. The van der Waals surface area contributed by atoms with Gasteiger partial charge in [-0.3, -0.25) is 4.79 Å². The largest absolute Gasteiger partial charge is 0.493 e. The molecule has 0 N–H and O–H groups in total. The number of methoxy groups -OCH3 is 2. The SMILES string of the molecule is COc1cc2c(cc1OC)C(C)(CBr)C(C(=O)N1CCOCC1)S2. The minimum atomic E-state index is -0.297. The van der Waals surface area contributed by atoms with Crippen LogP contribution in [-0.4, -0.2) is 61.9 Å². The smallest absolute Gasteiger partial charge is 0.237 e. The second-order valence-electron chi connectivity index (χ2n) is 6.19. The quantitative estimate of drug-likeness (QED) is 0.707. The van der Waals surface area contributed by atoms with Crippen molar-refractivity contribution in [1.29, 1.82) is 0 Å². The highest BCUT2D eigenvalue weighted by Crippen LogP contribution is 2.53. The molecule has 2 unspecified atom stereocenters. The highest BCUT2D eigenvalue weighted by Gasteiger charge is 2.49. The first-order chi connectivity index (χ1) is 11.5. The maximum absolute atomic E-state index is 13.1. The third-order valence-electron chi connectivity index (χ3n) is 4.75. The number of morpholine rings is 1. The number of carbonyl (C=O) groups is 1. The van der Waals surface area contributed by atoms with E-state index in [9.17, 15) is 4.79 Å². The molecule has 1 saturated heterocycles. The molecular weight excluding hydrogens is 394 g/mol. The Hall–Kier alpha value is -0.920. The normalized spacial score (nSPS) is 26.2. The van der Waals surface area contributed by atoms with E-state index in [1.165, 1.54) is 0 Å². The lowest BCUT2D eigenvalue weighted by Gasteiger charge is -2.35. The molecule has 1 amide bonds. The molecule has 2 heterocycles. The summed E-state index contributed by atoms with van der Waals surface area (Å²) in [5.74, 6) is 1.57. The lowest BCUT2D eigenvalue weighted by molar-refractivity contribution is -0.135. The maximum atomic E-state index is 13.1. The Kier molecular flexibility index (Phi) is 5.32. The minimum absolute atomic E-state index is 0.165. The van der Waals surface area contributed by atoms with Gasteiger partial charge in [0.15, 0.2) is 11.5 Å². The summed E-state index contributed by atoms with van der Waals surface area (Å²) in [7, 11) is 3.26. The standard InChI is InChI=1S/C17H22BrNO4S/c1-17(10-18)11-8-12(21-2)13(22-3)9-14(11)24-15(17)16(20)19-4-6-23-7-5-19/h8-9,15H,4-7,10H2,1-3H3. The third kappa shape index (κ3) is 2.91. The molecule has 0 bridgehead atoms. The number of benzene rings is 1. The number of halogens is 1. The number of hydrogen-bond donors (Lipinski definition) is 0. The lowest BCUT2D eigenvalue weighted by Crippen LogP contribution is -2.50. The molecule has 0 aromatic heterocycles. The van der Waals surface area contributed by atoms with Crippen LogP contribution in [0.4, 0.5) is 0 Å². The second kappa shape index (κ2) is 7.14. The minimum Gasteiger partial charge on any atom is -0.493 e. The van der Waals surface area contributed by atoms with Gasteiger partial charge in [-0.1, -0.05) is 22.9 Å². The highest BCUT2D eigenvalue weighted by molar-refractivity contribution is 9.09. The fraction of sp³-hybridized carbons (Fsp3) is 0.588. The molecule has 2 aliphatic heterocycles. The number of alkyl halides is 1. The predicted molar refractivity (Wildman–Crippen MR) is 97.7 cm³/mol. The van der Waals surface area contributed by atoms with Crippen LogP contribution in [0.3, 0.4) is 0 Å². The van der Waals surface area contributed by atoms with E-state index >= 15 is 0 Å². The Balaban J connectivity index is 1.96. The first-order valence-corrected chi connectivity index (χ1v) is 9.91. The van der Waals surface area contributed by atoms with E-state index in [4.69, 9.17) is 14.2 Å². The van der Waals surface area contributed by atoms with Crippen LogP contribution in [0.15, 0.2) is 17.0 Å². The van der Waals surface area contributed by atoms with E-state index in [1.54, 1.807) is 26.0 Å². The fourth-order valence-corrected chi connectivity index (χ4v) is 5.63. The summed E-state index contributed by atoms with van der Waals surface area (Å²) in [5.41, 5.74) is 0.836. The Morgan fingerprint density at radius 2 is 1.96 bits per heavy atom. The molecular formula is C17H22BrNO4S. The van der Waals surface area contributed by atoms with Crippen molar-refractivity contribution in [3.63, 3.8) is 0 Å². The zero-order chi connectivity index (χ0) is 17.3. The van der Waals surface area contributed by atoms with Gasteiger partial charge >= 0.3 is 0 Å². The van der Waals surface area contributed by atoms with Crippen molar-refractivity contribution >= 4 is 33.6 Å². The first kappa shape index (κ1) is 17.9. The molecule has 2 aliphatic rings. The number of ether oxygens (including phenoxy) is 3. The monoisotopic (exact) mass is 415 g/mol. The molecule has 0 aliphatic carbocycles. The number of amides is 1. The van der Waals surface area contributed by atoms with Gasteiger partial charge in [0.2, 0.25) is 5.91 Å². The average Bonchev–Trinajstić information content (AvgIpc) is 2.93. The first-order valence-electron chi connectivity index (χ1n) is 7.90. The Morgan fingerprint density at radius 1 is 1.33 bits per heavy atom. The molecule has 1 aromatic rings. The van der Waals surface area contributed by atoms with Gasteiger partial charge in [0.05, 0.1) is 32.7 Å². The van der Waals surface area contributed by atoms with E-state index < -0.39 is 0 Å². The van der Waals surface area contributed by atoms with Gasteiger partial charge in [0.25, 0.3) is 0 Å². The van der Waals surface area contributed by atoms with Crippen LogP contribution in [0.1, 0.15) is 12.5 Å². The summed E-state index contributed by atoms with van der Waals surface area (Å²) in [4.78, 5) is 16.1. The van der Waals surface area contributed by atoms with Crippen LogP contribution in [0, 0.1) is 0 Å². The van der Waals surface area contributed by atoms with Crippen molar-refractivity contribution in [3.8, 4) is 11.5 Å². The number of nitrogens with zero attached hydrogens (tertiary/aromatic N) is 1. The van der Waals surface area contributed by atoms with Gasteiger partial charge in [0.1, 0.15) is 0 Å². The maximum Gasteiger partial charge on any atom is 0.237 e. The molecule has 132 valence electrons. The Morgan fingerprint density at radius 3 is 2.54 bits per heavy atom. The summed E-state index contributed by atoms with van der Waals surface area (Å²) < 4.78 is 16.2. The summed E-state index contributed by atoms with van der Waals surface area (Å²) in [5, 5.41) is 0.540. The number of thioether (sulfide) groups is 1. The van der Waals surface area contributed by atoms with Crippen LogP contribution in [0.5, 0.6) is 11.5 Å². The molecule has 5 nitrogen and oxygen atoms in total. The molecule has 7 heteroatoms. The van der Waals surface area contributed by atoms with Crippen LogP contribution in [0.2, 0.25) is 0 Å². The van der Waals surface area contributed by atoms with Crippen molar-refractivity contribution in [3.05, 3.63) is 17.7 Å². The van der Waals surface area contributed by atoms with Gasteiger partial charge < -0.3 is 19.1 Å². The molecule has 1 aromatic carbocycles. The van der Waals surface area contributed by atoms with E-state index in [1.807, 2.05) is 17.0 Å². The number of rotatable bonds is 4. The van der Waals surface area contributed by atoms with E-state index in [0.29, 0.717) is 43.1 Å². The molecule has 3 rings (SSSR count). The van der Waals surface area contributed by atoms with Crippen LogP contribution < -0.4 is 9.47 Å². The van der Waals surface area contributed by atoms with Crippen LogP contribution >= 0.6 is 27.7 Å². The fourth-order valence-electron chi connectivity index (χ4n) is 3.22. The zero-order valence-corrected chi connectivity index (χ0v) is 16.5. The lowest BCUT2D eigenvalue weighted by atomic mass is 9.80. The topological polar surface area (TPSA) is 48.0 Å². The third-order valence-corrected chi connectivity index (χ3v) is 7.46. The Bertz CT molecular complexity index is 635.